The van der Waals surface area contributed by atoms with Gasteiger partial charge in [-0.2, -0.15) is 0 Å². The average molecular weight is 153 g/mol. The van der Waals surface area contributed by atoms with Crippen LogP contribution in [0.3, 0.4) is 0 Å². The van der Waals surface area contributed by atoms with Gasteiger partial charge in [0.25, 0.3) is 0 Å². The van der Waals surface area contributed by atoms with Crippen LogP contribution in [0.1, 0.15) is 5.56 Å². The van der Waals surface area contributed by atoms with Crippen molar-refractivity contribution >= 4 is 0 Å². The Labute approximate surface area is 65.6 Å². The first-order valence-corrected chi connectivity index (χ1v) is 3.36. The number of hydrogen-bond acceptors (Lipinski definition) is 3. The number of ether oxygens (including phenoxy) is 1. The van der Waals surface area contributed by atoms with Crippen LogP contribution in [0.4, 0.5) is 0 Å². The molecule has 3 heteroatoms. The molecule has 1 aromatic rings. The molecule has 1 rings (SSSR count). The SMILES string of the molecule is COc1cccc(CNO)c1. The lowest BCUT2D eigenvalue weighted by molar-refractivity contribution is 0.161. The molecule has 0 amide bonds. The summed E-state index contributed by atoms with van der Waals surface area (Å²) in [6.07, 6.45) is 0. The second-order valence-electron chi connectivity index (χ2n) is 2.19. The normalized spacial score (nSPS) is 9.64. The lowest BCUT2D eigenvalue weighted by Gasteiger charge is -2.02. The van der Waals surface area contributed by atoms with Crippen LogP contribution in [-0.4, -0.2) is 12.3 Å². The summed E-state index contributed by atoms with van der Waals surface area (Å²) >= 11 is 0. The Hall–Kier alpha value is -1.06. The molecule has 0 saturated heterocycles. The van der Waals surface area contributed by atoms with Crippen LogP contribution in [0.15, 0.2) is 24.3 Å². The van der Waals surface area contributed by atoms with E-state index in [1.807, 2.05) is 24.3 Å². The van der Waals surface area contributed by atoms with Crippen molar-refractivity contribution in [2.24, 2.45) is 0 Å². The highest BCUT2D eigenvalue weighted by Crippen LogP contribution is 2.11. The Morgan fingerprint density at radius 1 is 1.55 bits per heavy atom. The first-order chi connectivity index (χ1) is 5.36. The van der Waals surface area contributed by atoms with Crippen LogP contribution in [0, 0.1) is 0 Å². The molecule has 0 fully saturated rings. The Morgan fingerprint density at radius 3 is 3.00 bits per heavy atom. The van der Waals surface area contributed by atoms with Gasteiger partial charge in [0.1, 0.15) is 5.75 Å². The van der Waals surface area contributed by atoms with Gasteiger partial charge in [0.15, 0.2) is 0 Å². The maximum Gasteiger partial charge on any atom is 0.119 e. The van der Waals surface area contributed by atoms with Gasteiger partial charge >= 0.3 is 0 Å². The molecule has 0 unspecified atom stereocenters. The molecule has 0 aromatic heterocycles. The Kier molecular flexibility index (Phi) is 2.89. The summed E-state index contributed by atoms with van der Waals surface area (Å²) in [7, 11) is 1.62. The minimum atomic E-state index is 0.442. The third-order valence-electron chi connectivity index (χ3n) is 1.42. The van der Waals surface area contributed by atoms with Gasteiger partial charge in [-0.1, -0.05) is 12.1 Å². The van der Waals surface area contributed by atoms with Crippen LogP contribution >= 0.6 is 0 Å². The Balaban J connectivity index is 2.74. The fourth-order valence-electron chi connectivity index (χ4n) is 0.874. The largest absolute Gasteiger partial charge is 0.497 e. The van der Waals surface area contributed by atoms with Crippen molar-refractivity contribution in [1.29, 1.82) is 0 Å². The lowest BCUT2D eigenvalue weighted by Crippen LogP contribution is -2.05. The van der Waals surface area contributed by atoms with Gasteiger partial charge in [-0.25, -0.2) is 5.48 Å². The summed E-state index contributed by atoms with van der Waals surface area (Å²) in [6.45, 7) is 0.442. The molecule has 0 radical (unpaired) electrons. The number of methoxy groups -OCH3 is 1. The van der Waals surface area contributed by atoms with Crippen molar-refractivity contribution in [2.45, 2.75) is 6.54 Å². The zero-order chi connectivity index (χ0) is 8.10. The number of nitrogens with one attached hydrogen (secondary N) is 1. The Morgan fingerprint density at radius 2 is 2.36 bits per heavy atom. The quantitative estimate of drug-likeness (QED) is 0.640. The van der Waals surface area contributed by atoms with Crippen molar-refractivity contribution in [2.75, 3.05) is 7.11 Å². The summed E-state index contributed by atoms with van der Waals surface area (Å²) in [5.74, 6) is 0.803. The Bertz CT molecular complexity index is 225. The minimum absolute atomic E-state index is 0.442. The van der Waals surface area contributed by atoms with E-state index < -0.39 is 0 Å². The monoisotopic (exact) mass is 153 g/mol. The zero-order valence-corrected chi connectivity index (χ0v) is 6.37. The second kappa shape index (κ2) is 3.95. The molecule has 0 aliphatic heterocycles. The molecule has 0 aliphatic carbocycles. The molecule has 11 heavy (non-hydrogen) atoms. The topological polar surface area (TPSA) is 41.5 Å². The zero-order valence-electron chi connectivity index (χ0n) is 6.37. The highest BCUT2D eigenvalue weighted by atomic mass is 16.5. The highest BCUT2D eigenvalue weighted by Gasteiger charge is 1.92. The fourth-order valence-corrected chi connectivity index (χ4v) is 0.874. The van der Waals surface area contributed by atoms with Crippen LogP contribution in [-0.2, 0) is 6.54 Å². The van der Waals surface area contributed by atoms with E-state index in [4.69, 9.17) is 9.94 Å². The molecule has 0 bridgehead atoms. The molecule has 3 nitrogen and oxygen atoms in total. The number of rotatable bonds is 3. The van der Waals surface area contributed by atoms with Gasteiger partial charge in [0.2, 0.25) is 0 Å². The van der Waals surface area contributed by atoms with E-state index in [1.165, 1.54) is 0 Å². The molecular formula is C8H11NO2. The smallest absolute Gasteiger partial charge is 0.119 e. The van der Waals surface area contributed by atoms with E-state index in [9.17, 15) is 0 Å². The predicted octanol–water partition coefficient (Wildman–Crippen LogP) is 1.17. The summed E-state index contributed by atoms with van der Waals surface area (Å²) < 4.78 is 4.99. The molecular weight excluding hydrogens is 142 g/mol. The van der Waals surface area contributed by atoms with Crippen LogP contribution < -0.4 is 10.2 Å². The van der Waals surface area contributed by atoms with E-state index in [0.29, 0.717) is 6.54 Å². The van der Waals surface area contributed by atoms with Gasteiger partial charge in [-0.15, -0.1) is 0 Å². The highest BCUT2D eigenvalue weighted by molar-refractivity contribution is 5.28. The predicted molar refractivity (Wildman–Crippen MR) is 41.6 cm³/mol. The van der Waals surface area contributed by atoms with E-state index in [1.54, 1.807) is 7.11 Å². The average Bonchev–Trinajstić information content (AvgIpc) is 2.06. The summed E-state index contributed by atoms with van der Waals surface area (Å²) in [5, 5.41) is 8.39. The first kappa shape index (κ1) is 8.04. The number of hydroxylamine groups is 1. The van der Waals surface area contributed by atoms with Gasteiger partial charge < -0.3 is 9.94 Å². The number of hydrogen-bond donors (Lipinski definition) is 2. The molecule has 1 aromatic carbocycles. The minimum Gasteiger partial charge on any atom is -0.497 e. The molecule has 0 atom stereocenters. The molecule has 60 valence electrons. The lowest BCUT2D eigenvalue weighted by atomic mass is 10.2. The summed E-state index contributed by atoms with van der Waals surface area (Å²) in [4.78, 5) is 0. The van der Waals surface area contributed by atoms with Gasteiger partial charge in [0.05, 0.1) is 7.11 Å². The molecule has 0 aliphatic rings. The standard InChI is InChI=1S/C8H11NO2/c1-11-8-4-2-3-7(5-8)6-9-10/h2-5,9-10H,6H2,1H3. The van der Waals surface area contributed by atoms with E-state index in [-0.39, 0.29) is 0 Å². The summed E-state index contributed by atoms with van der Waals surface area (Å²) in [6, 6.07) is 7.52. The van der Waals surface area contributed by atoms with Crippen LogP contribution in [0.2, 0.25) is 0 Å². The maximum atomic E-state index is 8.39. The number of benzene rings is 1. The first-order valence-electron chi connectivity index (χ1n) is 3.36. The van der Waals surface area contributed by atoms with E-state index in [2.05, 4.69) is 5.48 Å². The van der Waals surface area contributed by atoms with Crippen molar-refractivity contribution in [1.82, 2.24) is 5.48 Å². The van der Waals surface area contributed by atoms with E-state index >= 15 is 0 Å². The third-order valence-corrected chi connectivity index (χ3v) is 1.42. The second-order valence-corrected chi connectivity index (χ2v) is 2.19. The summed E-state index contributed by atoms with van der Waals surface area (Å²) in [5.41, 5.74) is 3.07. The molecule has 0 saturated carbocycles. The molecule has 0 heterocycles. The van der Waals surface area contributed by atoms with E-state index in [0.717, 1.165) is 11.3 Å². The van der Waals surface area contributed by atoms with Gasteiger partial charge in [-0.05, 0) is 17.7 Å². The van der Waals surface area contributed by atoms with Gasteiger partial charge in [-0.3, -0.25) is 0 Å². The van der Waals surface area contributed by atoms with Gasteiger partial charge in [0, 0.05) is 6.54 Å². The molecule has 0 spiro atoms. The van der Waals surface area contributed by atoms with Crippen molar-refractivity contribution < 1.29 is 9.94 Å². The molecule has 2 N–H and O–H groups in total. The fraction of sp³-hybridized carbons (Fsp3) is 0.250. The maximum absolute atomic E-state index is 8.39. The van der Waals surface area contributed by atoms with Crippen LogP contribution in [0.5, 0.6) is 5.75 Å². The van der Waals surface area contributed by atoms with Crippen molar-refractivity contribution in [3.05, 3.63) is 29.8 Å². The van der Waals surface area contributed by atoms with Crippen LogP contribution in [0.25, 0.3) is 0 Å². The third kappa shape index (κ3) is 2.22. The van der Waals surface area contributed by atoms with Crippen molar-refractivity contribution in [3.63, 3.8) is 0 Å². The van der Waals surface area contributed by atoms with Crippen molar-refractivity contribution in [3.8, 4) is 5.75 Å².